The van der Waals surface area contributed by atoms with E-state index in [9.17, 15) is 4.79 Å². The SMILES string of the molecule is CCN1CCC[C@H]2c3cccc4c3c(cn4CC(=O)O)C[C@@H]21. The molecule has 116 valence electrons. The van der Waals surface area contributed by atoms with Crippen LogP contribution in [0, 0.1) is 0 Å². The number of rotatable bonds is 3. The molecule has 1 aliphatic heterocycles. The van der Waals surface area contributed by atoms with Crippen molar-refractivity contribution in [1.82, 2.24) is 9.47 Å². The first-order valence-electron chi connectivity index (χ1n) is 8.25. The number of fused-ring (bicyclic) bond motifs is 2. The summed E-state index contributed by atoms with van der Waals surface area (Å²) in [6.07, 6.45) is 5.64. The molecule has 2 aliphatic rings. The molecule has 1 aliphatic carbocycles. The van der Waals surface area contributed by atoms with Gasteiger partial charge in [0.25, 0.3) is 0 Å². The number of hydrogen-bond donors (Lipinski definition) is 1. The van der Waals surface area contributed by atoms with Gasteiger partial charge in [0.2, 0.25) is 0 Å². The first-order valence-corrected chi connectivity index (χ1v) is 8.25. The van der Waals surface area contributed by atoms with Gasteiger partial charge in [-0.2, -0.15) is 0 Å². The lowest BCUT2D eigenvalue weighted by Crippen LogP contribution is -2.46. The van der Waals surface area contributed by atoms with Crippen LogP contribution in [0.15, 0.2) is 24.4 Å². The van der Waals surface area contributed by atoms with Crippen molar-refractivity contribution in [2.45, 2.75) is 44.7 Å². The fraction of sp³-hybridized carbons (Fsp3) is 0.500. The molecule has 0 spiro atoms. The summed E-state index contributed by atoms with van der Waals surface area (Å²) in [5.74, 6) is -0.175. The maximum atomic E-state index is 11.1. The summed E-state index contributed by atoms with van der Waals surface area (Å²) in [6.45, 7) is 4.59. The van der Waals surface area contributed by atoms with Gasteiger partial charge in [-0.15, -0.1) is 0 Å². The number of carboxylic acids is 1. The average molecular weight is 298 g/mol. The Hall–Kier alpha value is -1.81. The number of benzene rings is 1. The van der Waals surface area contributed by atoms with Crippen LogP contribution in [0.5, 0.6) is 0 Å². The molecule has 1 saturated heterocycles. The maximum Gasteiger partial charge on any atom is 0.323 e. The third-order valence-corrected chi connectivity index (χ3v) is 5.45. The van der Waals surface area contributed by atoms with E-state index in [0.717, 1.165) is 18.5 Å². The number of aliphatic carboxylic acids is 1. The predicted molar refractivity (Wildman–Crippen MR) is 86.3 cm³/mol. The van der Waals surface area contributed by atoms with Crippen LogP contribution in [-0.4, -0.2) is 39.7 Å². The van der Waals surface area contributed by atoms with Crippen LogP contribution in [0.1, 0.15) is 36.8 Å². The Bertz CT molecular complexity index is 734. The van der Waals surface area contributed by atoms with Gasteiger partial charge < -0.3 is 9.67 Å². The van der Waals surface area contributed by atoms with Crippen molar-refractivity contribution in [3.05, 3.63) is 35.5 Å². The summed E-state index contributed by atoms with van der Waals surface area (Å²) < 4.78 is 1.91. The fourth-order valence-corrected chi connectivity index (χ4v) is 4.59. The molecule has 4 nitrogen and oxygen atoms in total. The lowest BCUT2D eigenvalue weighted by molar-refractivity contribution is -0.137. The van der Waals surface area contributed by atoms with Gasteiger partial charge in [-0.05, 0) is 49.5 Å². The largest absolute Gasteiger partial charge is 0.480 e. The zero-order chi connectivity index (χ0) is 15.3. The number of likely N-dealkylation sites (tertiary alicyclic amines) is 1. The van der Waals surface area contributed by atoms with Gasteiger partial charge in [-0.3, -0.25) is 9.69 Å². The smallest absolute Gasteiger partial charge is 0.323 e. The third-order valence-electron chi connectivity index (χ3n) is 5.45. The van der Waals surface area contributed by atoms with Gasteiger partial charge in [0, 0.05) is 29.1 Å². The van der Waals surface area contributed by atoms with Gasteiger partial charge in [0.1, 0.15) is 6.54 Å². The highest BCUT2D eigenvalue weighted by molar-refractivity contribution is 5.90. The molecular weight excluding hydrogens is 276 g/mol. The molecule has 2 aromatic rings. The van der Waals surface area contributed by atoms with E-state index >= 15 is 0 Å². The van der Waals surface area contributed by atoms with Crippen molar-refractivity contribution in [3.8, 4) is 0 Å². The van der Waals surface area contributed by atoms with E-state index in [4.69, 9.17) is 5.11 Å². The minimum atomic E-state index is -0.777. The zero-order valence-electron chi connectivity index (χ0n) is 13.0. The second-order valence-electron chi connectivity index (χ2n) is 6.57. The molecule has 1 aromatic carbocycles. The molecule has 1 fully saturated rings. The molecule has 0 unspecified atom stereocenters. The van der Waals surface area contributed by atoms with E-state index < -0.39 is 5.97 Å². The van der Waals surface area contributed by atoms with Crippen molar-refractivity contribution in [3.63, 3.8) is 0 Å². The zero-order valence-corrected chi connectivity index (χ0v) is 13.0. The Morgan fingerprint density at radius 1 is 1.41 bits per heavy atom. The lowest BCUT2D eigenvalue weighted by atomic mass is 9.75. The normalized spacial score (nSPS) is 24.4. The Morgan fingerprint density at radius 2 is 2.27 bits per heavy atom. The Morgan fingerprint density at radius 3 is 3.05 bits per heavy atom. The second-order valence-corrected chi connectivity index (χ2v) is 6.57. The van der Waals surface area contributed by atoms with Crippen LogP contribution in [0.4, 0.5) is 0 Å². The van der Waals surface area contributed by atoms with E-state index in [1.54, 1.807) is 0 Å². The van der Waals surface area contributed by atoms with Crippen molar-refractivity contribution in [2.24, 2.45) is 0 Å². The van der Waals surface area contributed by atoms with E-state index in [2.05, 4.69) is 36.2 Å². The van der Waals surface area contributed by atoms with Crippen LogP contribution < -0.4 is 0 Å². The molecule has 4 heteroatoms. The monoisotopic (exact) mass is 298 g/mol. The van der Waals surface area contributed by atoms with Crippen LogP contribution in [0.3, 0.4) is 0 Å². The van der Waals surface area contributed by atoms with Crippen LogP contribution >= 0.6 is 0 Å². The summed E-state index contributed by atoms with van der Waals surface area (Å²) in [7, 11) is 0. The van der Waals surface area contributed by atoms with Gasteiger partial charge in [-0.25, -0.2) is 0 Å². The van der Waals surface area contributed by atoms with Gasteiger partial charge in [0.15, 0.2) is 0 Å². The molecule has 0 bridgehead atoms. The number of carboxylic acid groups (broad SMARTS) is 1. The molecule has 1 N–H and O–H groups in total. The van der Waals surface area contributed by atoms with Crippen molar-refractivity contribution in [1.29, 1.82) is 0 Å². The molecule has 0 amide bonds. The van der Waals surface area contributed by atoms with Gasteiger partial charge in [0.05, 0.1) is 0 Å². The summed E-state index contributed by atoms with van der Waals surface area (Å²) in [5, 5.41) is 10.5. The summed E-state index contributed by atoms with van der Waals surface area (Å²) in [4.78, 5) is 13.7. The molecule has 0 radical (unpaired) electrons. The maximum absolute atomic E-state index is 11.1. The first-order chi connectivity index (χ1) is 10.7. The minimum Gasteiger partial charge on any atom is -0.480 e. The first kappa shape index (κ1) is 13.8. The van der Waals surface area contributed by atoms with Gasteiger partial charge in [-0.1, -0.05) is 19.1 Å². The highest BCUT2D eigenvalue weighted by Crippen LogP contribution is 2.43. The topological polar surface area (TPSA) is 45.5 Å². The van der Waals surface area contributed by atoms with E-state index in [1.807, 2.05) is 4.57 Å². The molecule has 0 saturated carbocycles. The number of carbonyl (C=O) groups is 1. The summed E-state index contributed by atoms with van der Waals surface area (Å²) >= 11 is 0. The van der Waals surface area contributed by atoms with Crippen molar-refractivity contribution >= 4 is 16.9 Å². The van der Waals surface area contributed by atoms with Crippen molar-refractivity contribution in [2.75, 3.05) is 13.1 Å². The lowest BCUT2D eigenvalue weighted by Gasteiger charge is -2.43. The number of nitrogens with zero attached hydrogens (tertiary/aromatic N) is 2. The van der Waals surface area contributed by atoms with Crippen LogP contribution in [0.2, 0.25) is 0 Å². The summed E-state index contributed by atoms with van der Waals surface area (Å²) in [5.41, 5.74) is 3.85. The molecule has 22 heavy (non-hydrogen) atoms. The van der Waals surface area contributed by atoms with E-state index in [0.29, 0.717) is 12.0 Å². The molecule has 1 aromatic heterocycles. The van der Waals surface area contributed by atoms with Crippen LogP contribution in [-0.2, 0) is 17.8 Å². The molecule has 2 heterocycles. The number of aromatic nitrogens is 1. The van der Waals surface area contributed by atoms with Gasteiger partial charge >= 0.3 is 5.97 Å². The minimum absolute atomic E-state index is 0.0484. The van der Waals surface area contributed by atoms with Crippen molar-refractivity contribution < 1.29 is 9.90 Å². The highest BCUT2D eigenvalue weighted by atomic mass is 16.4. The molecule has 4 rings (SSSR count). The number of likely N-dealkylation sites (N-methyl/N-ethyl adjacent to an activating group) is 1. The Labute approximate surface area is 130 Å². The Balaban J connectivity index is 1.86. The number of piperidine rings is 1. The standard InChI is InChI=1S/C18H22N2O2/c1-2-19-8-4-6-13-14-5-3-7-15-18(14)12(9-16(13)19)10-20(15)11-17(21)22/h3,5,7,10,13,16H,2,4,6,8-9,11H2,1H3,(H,21,22)/t13-,16-/m0/s1. The fourth-order valence-electron chi connectivity index (χ4n) is 4.59. The molecule has 2 atom stereocenters. The van der Waals surface area contributed by atoms with E-state index in [-0.39, 0.29) is 6.54 Å². The number of hydrogen-bond acceptors (Lipinski definition) is 2. The second kappa shape index (κ2) is 5.13. The quantitative estimate of drug-likeness (QED) is 0.947. The third kappa shape index (κ3) is 1.97. The Kier molecular flexibility index (Phi) is 3.22. The van der Waals surface area contributed by atoms with Crippen LogP contribution in [0.25, 0.3) is 10.9 Å². The predicted octanol–water partition coefficient (Wildman–Crippen LogP) is 2.85. The molecular formula is C18H22N2O2. The highest BCUT2D eigenvalue weighted by Gasteiger charge is 2.37. The summed E-state index contributed by atoms with van der Waals surface area (Å²) in [6, 6.07) is 6.99. The van der Waals surface area contributed by atoms with E-state index in [1.165, 1.54) is 35.9 Å². The average Bonchev–Trinajstić information content (AvgIpc) is 2.85.